The van der Waals surface area contributed by atoms with Crippen LogP contribution >= 0.6 is 0 Å². The minimum atomic E-state index is 0.592. The summed E-state index contributed by atoms with van der Waals surface area (Å²) in [4.78, 5) is 19.9. The van der Waals surface area contributed by atoms with Gasteiger partial charge in [0.25, 0.3) is 0 Å². The van der Waals surface area contributed by atoms with Crippen molar-refractivity contribution in [2.45, 2.75) is 0 Å². The molecule has 5 heterocycles. The van der Waals surface area contributed by atoms with Crippen LogP contribution in [-0.4, -0.2) is 28.9 Å². The van der Waals surface area contributed by atoms with Crippen molar-refractivity contribution in [1.82, 2.24) is 28.9 Å². The molecule has 6 heteroatoms. The van der Waals surface area contributed by atoms with Crippen LogP contribution in [-0.2, 0) is 0 Å². The summed E-state index contributed by atoms with van der Waals surface area (Å²) < 4.78 is 4.46. The Morgan fingerprint density at radius 3 is 1.70 bits per heavy atom. The van der Waals surface area contributed by atoms with Gasteiger partial charge in [-0.3, -0.25) is 8.97 Å². The molecule has 11 aromatic rings. The second-order valence-corrected chi connectivity index (χ2v) is 12.7. The number of hydrogen-bond donors (Lipinski definition) is 0. The summed E-state index contributed by atoms with van der Waals surface area (Å²) in [6.45, 7) is 0. The highest BCUT2D eigenvalue weighted by Crippen LogP contribution is 2.40. The summed E-state index contributed by atoms with van der Waals surface area (Å²) in [5.41, 5.74) is 9.66. The van der Waals surface area contributed by atoms with E-state index in [1.165, 1.54) is 43.4 Å². The number of rotatable bonds is 4. The zero-order valence-electron chi connectivity index (χ0n) is 26.7. The first-order chi connectivity index (χ1) is 24.8. The van der Waals surface area contributed by atoms with E-state index < -0.39 is 0 Å². The fraction of sp³-hybridized carbons (Fsp3) is 0. The largest absolute Gasteiger partial charge is 0.293 e. The normalized spacial score (nSPS) is 12.0. The lowest BCUT2D eigenvalue weighted by atomic mass is 10.0. The van der Waals surface area contributed by atoms with Crippen LogP contribution in [0.5, 0.6) is 0 Å². The van der Waals surface area contributed by atoms with Gasteiger partial charge in [-0.05, 0) is 47.5 Å². The predicted molar refractivity (Wildman–Crippen MR) is 203 cm³/mol. The van der Waals surface area contributed by atoms with E-state index in [1.807, 2.05) is 42.6 Å². The highest BCUT2D eigenvalue weighted by atomic mass is 15.2. The van der Waals surface area contributed by atoms with Crippen LogP contribution in [0.15, 0.2) is 158 Å². The van der Waals surface area contributed by atoms with Crippen molar-refractivity contribution in [2.24, 2.45) is 0 Å². The number of aromatic nitrogens is 6. The third-order valence-corrected chi connectivity index (χ3v) is 9.99. The van der Waals surface area contributed by atoms with Gasteiger partial charge in [-0.2, -0.15) is 9.97 Å². The third-order valence-electron chi connectivity index (χ3n) is 9.99. The van der Waals surface area contributed by atoms with Gasteiger partial charge in [0.15, 0.2) is 11.6 Å². The van der Waals surface area contributed by atoms with Crippen molar-refractivity contribution in [3.63, 3.8) is 0 Å². The molecule has 5 aromatic heterocycles. The Kier molecular flexibility index (Phi) is 5.57. The Morgan fingerprint density at radius 2 is 0.960 bits per heavy atom. The molecule has 0 atom stereocenters. The smallest absolute Gasteiger partial charge is 0.238 e. The zero-order chi connectivity index (χ0) is 32.8. The van der Waals surface area contributed by atoms with Crippen LogP contribution in [0.2, 0.25) is 0 Å². The fourth-order valence-corrected chi connectivity index (χ4v) is 7.73. The Hall–Kier alpha value is -6.92. The number of pyridine rings is 1. The van der Waals surface area contributed by atoms with Gasteiger partial charge in [0.05, 0.1) is 22.1 Å². The van der Waals surface area contributed by atoms with Gasteiger partial charge >= 0.3 is 0 Å². The van der Waals surface area contributed by atoms with Crippen molar-refractivity contribution in [3.05, 3.63) is 158 Å². The van der Waals surface area contributed by atoms with E-state index in [9.17, 15) is 0 Å². The summed E-state index contributed by atoms with van der Waals surface area (Å²) in [6.07, 6.45) is 1.87. The van der Waals surface area contributed by atoms with Gasteiger partial charge in [-0.1, -0.05) is 115 Å². The molecule has 0 aliphatic carbocycles. The van der Waals surface area contributed by atoms with Crippen LogP contribution in [0.1, 0.15) is 0 Å². The molecule has 0 unspecified atom stereocenters. The predicted octanol–water partition coefficient (Wildman–Crippen LogP) is 10.5. The number of hydrogen-bond acceptors (Lipinski definition) is 4. The quantitative estimate of drug-likeness (QED) is 0.192. The minimum Gasteiger partial charge on any atom is -0.293 e. The summed E-state index contributed by atoms with van der Waals surface area (Å²) in [6, 6.07) is 53.0. The molecule has 0 spiro atoms. The Balaban J connectivity index is 1.06. The zero-order valence-corrected chi connectivity index (χ0v) is 26.7. The molecule has 0 aliphatic heterocycles. The van der Waals surface area contributed by atoms with Crippen LogP contribution in [0, 0.1) is 0 Å². The van der Waals surface area contributed by atoms with Gasteiger partial charge in [-0.15, -0.1) is 0 Å². The van der Waals surface area contributed by atoms with Crippen molar-refractivity contribution >= 4 is 60.0 Å². The van der Waals surface area contributed by atoms with Crippen molar-refractivity contribution in [2.75, 3.05) is 0 Å². The van der Waals surface area contributed by atoms with Crippen LogP contribution in [0.25, 0.3) is 99.9 Å². The Labute approximate surface area is 285 Å². The number of nitrogens with zero attached hydrogens (tertiary/aromatic N) is 6. The fourth-order valence-electron chi connectivity index (χ4n) is 7.73. The molecule has 0 saturated heterocycles. The Bertz CT molecular complexity index is 3030. The van der Waals surface area contributed by atoms with E-state index in [0.717, 1.165) is 38.9 Å². The maximum absolute atomic E-state index is 5.12. The molecule has 0 fully saturated rings. The van der Waals surface area contributed by atoms with Gasteiger partial charge in [0.1, 0.15) is 5.65 Å². The lowest BCUT2D eigenvalue weighted by molar-refractivity contribution is 0.953. The van der Waals surface area contributed by atoms with E-state index in [2.05, 4.69) is 124 Å². The molecule has 0 bridgehead atoms. The second-order valence-electron chi connectivity index (χ2n) is 12.7. The van der Waals surface area contributed by atoms with Crippen LogP contribution < -0.4 is 0 Å². The maximum atomic E-state index is 5.12. The maximum Gasteiger partial charge on any atom is 0.238 e. The lowest BCUT2D eigenvalue weighted by Crippen LogP contribution is -2.06. The van der Waals surface area contributed by atoms with E-state index in [0.29, 0.717) is 17.6 Å². The van der Waals surface area contributed by atoms with Gasteiger partial charge in [-0.25, -0.2) is 9.97 Å². The average molecular weight is 639 g/mol. The van der Waals surface area contributed by atoms with Crippen molar-refractivity contribution in [1.29, 1.82) is 0 Å². The molecular formula is C44H26N6. The monoisotopic (exact) mass is 638 g/mol. The SMILES string of the molecule is c1ccc(-c2nc(-c3ccc(-c4ccc5c(c4)c4cccc6c7cccnc7n5c46)cc3)nc(-n3c4ccccc4c4ccccc43)n2)cc1. The molecule has 0 aliphatic rings. The first-order valence-corrected chi connectivity index (χ1v) is 16.7. The molecular weight excluding hydrogens is 613 g/mol. The van der Waals surface area contributed by atoms with E-state index in [4.69, 9.17) is 19.9 Å². The molecule has 232 valence electrons. The van der Waals surface area contributed by atoms with Gasteiger partial charge in [0.2, 0.25) is 5.95 Å². The van der Waals surface area contributed by atoms with Gasteiger partial charge < -0.3 is 0 Å². The highest BCUT2D eigenvalue weighted by Gasteiger charge is 2.19. The summed E-state index contributed by atoms with van der Waals surface area (Å²) in [7, 11) is 0. The van der Waals surface area contributed by atoms with E-state index in [1.54, 1.807) is 0 Å². The molecule has 6 aromatic carbocycles. The van der Waals surface area contributed by atoms with Crippen LogP contribution in [0.4, 0.5) is 0 Å². The highest BCUT2D eigenvalue weighted by molar-refractivity contribution is 6.23. The summed E-state index contributed by atoms with van der Waals surface area (Å²) in [5, 5.41) is 7.22. The average Bonchev–Trinajstić information content (AvgIpc) is 3.83. The van der Waals surface area contributed by atoms with E-state index >= 15 is 0 Å². The number of para-hydroxylation sites is 3. The first-order valence-electron chi connectivity index (χ1n) is 16.7. The standard InChI is InChI=1S/C44H26N6/c1-2-10-28(11-3-1)41-46-42(48-44(47-41)49-37-17-6-4-12-31(37)32-13-5-7-18-38(32)49)29-21-19-27(20-22-29)30-23-24-39-36(26-30)34-15-8-14-33-35-16-9-25-45-43(35)50(39)40(33)34/h1-26H. The number of benzene rings is 6. The summed E-state index contributed by atoms with van der Waals surface area (Å²) in [5.74, 6) is 1.85. The third kappa shape index (κ3) is 3.84. The Morgan fingerprint density at radius 1 is 0.380 bits per heavy atom. The molecule has 6 nitrogen and oxygen atoms in total. The molecule has 0 saturated carbocycles. The lowest BCUT2D eigenvalue weighted by Gasteiger charge is -2.11. The van der Waals surface area contributed by atoms with Crippen molar-refractivity contribution in [3.8, 4) is 39.9 Å². The second kappa shape index (κ2) is 10.3. The minimum absolute atomic E-state index is 0.592. The number of fused-ring (bicyclic) bond motifs is 9. The molecule has 50 heavy (non-hydrogen) atoms. The van der Waals surface area contributed by atoms with Crippen molar-refractivity contribution < 1.29 is 0 Å². The molecule has 0 N–H and O–H groups in total. The molecule has 0 radical (unpaired) electrons. The van der Waals surface area contributed by atoms with Gasteiger partial charge in [0, 0.05) is 49.6 Å². The first kappa shape index (κ1) is 27.1. The topological polar surface area (TPSA) is 60.9 Å². The molecule has 0 amide bonds. The molecule has 11 rings (SSSR count). The summed E-state index contributed by atoms with van der Waals surface area (Å²) >= 11 is 0. The van der Waals surface area contributed by atoms with E-state index in [-0.39, 0.29) is 0 Å². The van der Waals surface area contributed by atoms with Crippen LogP contribution in [0.3, 0.4) is 0 Å².